The van der Waals surface area contributed by atoms with Gasteiger partial charge in [0.1, 0.15) is 5.75 Å². The van der Waals surface area contributed by atoms with Crippen molar-refractivity contribution in [1.82, 2.24) is 0 Å². The van der Waals surface area contributed by atoms with E-state index in [0.717, 1.165) is 11.7 Å². The van der Waals surface area contributed by atoms with Crippen LogP contribution in [0.5, 0.6) is 5.75 Å². The van der Waals surface area contributed by atoms with Crippen LogP contribution in [0.25, 0.3) is 0 Å². The van der Waals surface area contributed by atoms with Crippen LogP contribution >= 0.6 is 0 Å². The molecule has 0 N–H and O–H groups in total. The highest BCUT2D eigenvalue weighted by atomic mass is 16.5. The number of benzene rings is 1. The molecule has 1 fully saturated rings. The Morgan fingerprint density at radius 3 is 2.43 bits per heavy atom. The summed E-state index contributed by atoms with van der Waals surface area (Å²) in [6, 6.07) is 6.54. The van der Waals surface area contributed by atoms with E-state index in [1.165, 1.54) is 17.5 Å². The summed E-state index contributed by atoms with van der Waals surface area (Å²) in [6.07, 6.45) is 1.32. The van der Waals surface area contributed by atoms with E-state index >= 15 is 0 Å². The second kappa shape index (κ2) is 3.01. The van der Waals surface area contributed by atoms with E-state index in [-0.39, 0.29) is 0 Å². The van der Waals surface area contributed by atoms with Gasteiger partial charge in [-0.1, -0.05) is 26.0 Å². The first-order valence-electron chi connectivity index (χ1n) is 5.19. The van der Waals surface area contributed by atoms with Gasteiger partial charge in [-0.05, 0) is 41.9 Å². The van der Waals surface area contributed by atoms with Crippen LogP contribution in [0, 0.1) is 12.3 Å². The molecule has 0 heterocycles. The predicted octanol–water partition coefficient (Wildman–Crippen LogP) is 3.52. The summed E-state index contributed by atoms with van der Waals surface area (Å²) < 4.78 is 5.25. The molecule has 1 unspecified atom stereocenters. The summed E-state index contributed by atoms with van der Waals surface area (Å²) in [4.78, 5) is 0. The lowest BCUT2D eigenvalue weighted by molar-refractivity contribution is 0.411. The Morgan fingerprint density at radius 2 is 2.00 bits per heavy atom. The summed E-state index contributed by atoms with van der Waals surface area (Å²) >= 11 is 0. The standard InChI is InChI=1S/C13H18O/c1-9-7-10(5-6-12(9)14-4)11-8-13(11,2)3/h5-7,11H,8H2,1-4H3. The van der Waals surface area contributed by atoms with Crippen molar-refractivity contribution >= 4 is 0 Å². The smallest absolute Gasteiger partial charge is 0.121 e. The number of ether oxygens (including phenoxy) is 1. The van der Waals surface area contributed by atoms with Gasteiger partial charge in [0.05, 0.1) is 7.11 Å². The lowest BCUT2D eigenvalue weighted by Gasteiger charge is -2.08. The fraction of sp³-hybridized carbons (Fsp3) is 0.538. The molecule has 1 saturated carbocycles. The third-order valence-electron chi connectivity index (χ3n) is 3.33. The molecule has 0 aromatic heterocycles. The van der Waals surface area contributed by atoms with E-state index in [2.05, 4.69) is 39.0 Å². The number of hydrogen-bond donors (Lipinski definition) is 0. The zero-order valence-electron chi connectivity index (χ0n) is 9.42. The summed E-state index contributed by atoms with van der Waals surface area (Å²) in [7, 11) is 1.73. The Kier molecular flexibility index (Phi) is 2.06. The molecule has 0 radical (unpaired) electrons. The van der Waals surface area contributed by atoms with Gasteiger partial charge in [-0.3, -0.25) is 0 Å². The molecule has 0 spiro atoms. The van der Waals surface area contributed by atoms with Gasteiger partial charge in [0.25, 0.3) is 0 Å². The molecule has 1 aliphatic carbocycles. The summed E-state index contributed by atoms with van der Waals surface area (Å²) in [6.45, 7) is 6.77. The average Bonchev–Trinajstić information content (AvgIpc) is 2.75. The molecule has 0 bridgehead atoms. The van der Waals surface area contributed by atoms with Crippen LogP contribution in [0.3, 0.4) is 0 Å². The average molecular weight is 190 g/mol. The second-order valence-corrected chi connectivity index (χ2v) is 4.97. The fourth-order valence-electron chi connectivity index (χ4n) is 2.15. The lowest BCUT2D eigenvalue weighted by atomic mass is 10.0. The normalized spacial score (nSPS) is 23.3. The van der Waals surface area contributed by atoms with Crippen LogP contribution in [0.4, 0.5) is 0 Å². The largest absolute Gasteiger partial charge is 0.496 e. The molecular formula is C13H18O. The fourth-order valence-corrected chi connectivity index (χ4v) is 2.15. The maximum Gasteiger partial charge on any atom is 0.121 e. The molecule has 1 aliphatic rings. The minimum atomic E-state index is 0.515. The summed E-state index contributed by atoms with van der Waals surface area (Å²) in [5.74, 6) is 1.75. The molecule has 0 amide bonds. The Bertz CT molecular complexity index is 352. The van der Waals surface area contributed by atoms with Gasteiger partial charge in [0, 0.05) is 0 Å². The molecule has 1 nitrogen and oxygen atoms in total. The van der Waals surface area contributed by atoms with Gasteiger partial charge in [-0.25, -0.2) is 0 Å². The van der Waals surface area contributed by atoms with Crippen molar-refractivity contribution in [2.75, 3.05) is 7.11 Å². The van der Waals surface area contributed by atoms with Crippen LogP contribution in [0.2, 0.25) is 0 Å². The van der Waals surface area contributed by atoms with E-state index < -0.39 is 0 Å². The Morgan fingerprint density at radius 1 is 1.36 bits per heavy atom. The number of methoxy groups -OCH3 is 1. The van der Waals surface area contributed by atoms with Gasteiger partial charge < -0.3 is 4.74 Å². The topological polar surface area (TPSA) is 9.23 Å². The highest BCUT2D eigenvalue weighted by Crippen LogP contribution is 2.58. The van der Waals surface area contributed by atoms with Gasteiger partial charge in [-0.15, -0.1) is 0 Å². The van der Waals surface area contributed by atoms with Crippen molar-refractivity contribution < 1.29 is 4.74 Å². The molecule has 2 rings (SSSR count). The SMILES string of the molecule is COc1ccc(C2CC2(C)C)cc1C. The summed E-state index contributed by atoms with van der Waals surface area (Å²) in [5, 5.41) is 0. The van der Waals surface area contributed by atoms with Crippen molar-refractivity contribution in [2.24, 2.45) is 5.41 Å². The third kappa shape index (κ3) is 1.52. The first-order valence-corrected chi connectivity index (χ1v) is 5.19. The molecule has 76 valence electrons. The van der Waals surface area contributed by atoms with Crippen LogP contribution in [0.1, 0.15) is 37.3 Å². The van der Waals surface area contributed by atoms with Crippen molar-refractivity contribution in [3.8, 4) is 5.75 Å². The lowest BCUT2D eigenvalue weighted by Crippen LogP contribution is -1.92. The molecule has 0 saturated heterocycles. The van der Waals surface area contributed by atoms with Crippen molar-refractivity contribution in [3.05, 3.63) is 29.3 Å². The van der Waals surface area contributed by atoms with Crippen LogP contribution in [0.15, 0.2) is 18.2 Å². The molecule has 14 heavy (non-hydrogen) atoms. The van der Waals surface area contributed by atoms with Crippen molar-refractivity contribution in [1.29, 1.82) is 0 Å². The minimum absolute atomic E-state index is 0.515. The Balaban J connectivity index is 2.26. The van der Waals surface area contributed by atoms with E-state index in [1.54, 1.807) is 7.11 Å². The minimum Gasteiger partial charge on any atom is -0.496 e. The van der Waals surface area contributed by atoms with Crippen molar-refractivity contribution in [2.45, 2.75) is 33.1 Å². The second-order valence-electron chi connectivity index (χ2n) is 4.97. The van der Waals surface area contributed by atoms with Gasteiger partial charge in [0.15, 0.2) is 0 Å². The first-order chi connectivity index (χ1) is 6.54. The number of hydrogen-bond acceptors (Lipinski definition) is 1. The summed E-state index contributed by atoms with van der Waals surface area (Å²) in [5.41, 5.74) is 3.22. The zero-order valence-corrected chi connectivity index (χ0v) is 9.42. The van der Waals surface area contributed by atoms with E-state index in [4.69, 9.17) is 4.74 Å². The van der Waals surface area contributed by atoms with Gasteiger partial charge >= 0.3 is 0 Å². The van der Waals surface area contributed by atoms with E-state index in [1.807, 2.05) is 0 Å². The Hall–Kier alpha value is -0.980. The molecule has 1 heteroatoms. The molecule has 1 aromatic rings. The number of aryl methyl sites for hydroxylation is 1. The van der Waals surface area contributed by atoms with Crippen LogP contribution in [-0.4, -0.2) is 7.11 Å². The quantitative estimate of drug-likeness (QED) is 0.693. The van der Waals surface area contributed by atoms with Crippen LogP contribution in [-0.2, 0) is 0 Å². The Labute approximate surface area is 86.1 Å². The van der Waals surface area contributed by atoms with E-state index in [0.29, 0.717) is 5.41 Å². The monoisotopic (exact) mass is 190 g/mol. The number of rotatable bonds is 2. The van der Waals surface area contributed by atoms with Crippen molar-refractivity contribution in [3.63, 3.8) is 0 Å². The molecule has 0 aliphatic heterocycles. The van der Waals surface area contributed by atoms with E-state index in [9.17, 15) is 0 Å². The maximum atomic E-state index is 5.25. The van der Waals surface area contributed by atoms with Gasteiger partial charge in [0.2, 0.25) is 0 Å². The van der Waals surface area contributed by atoms with Crippen LogP contribution < -0.4 is 4.74 Å². The predicted molar refractivity (Wildman–Crippen MR) is 58.9 cm³/mol. The maximum absolute atomic E-state index is 5.25. The zero-order chi connectivity index (χ0) is 10.3. The first kappa shape index (κ1) is 9.57. The van der Waals surface area contributed by atoms with Gasteiger partial charge in [-0.2, -0.15) is 0 Å². The highest BCUT2D eigenvalue weighted by molar-refractivity contribution is 5.40. The molecule has 1 aromatic carbocycles. The highest BCUT2D eigenvalue weighted by Gasteiger charge is 2.46. The molecular weight excluding hydrogens is 172 g/mol. The third-order valence-corrected chi connectivity index (χ3v) is 3.33. The molecule has 1 atom stereocenters.